The van der Waals surface area contributed by atoms with Gasteiger partial charge in [0.25, 0.3) is 0 Å². The number of para-hydroxylation sites is 1. The molecule has 0 unspecified atom stereocenters. The lowest BCUT2D eigenvalue weighted by Gasteiger charge is -2.37. The van der Waals surface area contributed by atoms with Crippen molar-refractivity contribution in [1.82, 2.24) is 19.6 Å². The SMILES string of the molecule is CC1(C)O[C@H]2[C@@H](O1)[C@@H](Cn1cc(Cn3c(O)c(N=Nc4ccccc4)c4ccccc43)nn1)O[C@@H]1OC(C)(C)O[C@@H]12. The van der Waals surface area contributed by atoms with Crippen LogP contribution >= 0.6 is 0 Å². The summed E-state index contributed by atoms with van der Waals surface area (Å²) >= 11 is 0. The van der Waals surface area contributed by atoms with E-state index in [4.69, 9.17) is 23.7 Å². The van der Waals surface area contributed by atoms with Gasteiger partial charge < -0.3 is 33.4 Å². The average molecular weight is 561 g/mol. The van der Waals surface area contributed by atoms with E-state index in [-0.39, 0.29) is 24.6 Å². The molecule has 7 rings (SSSR count). The number of aromatic hydroxyl groups is 1. The van der Waals surface area contributed by atoms with Gasteiger partial charge in [-0.25, -0.2) is 4.68 Å². The molecule has 0 spiro atoms. The maximum atomic E-state index is 11.2. The fraction of sp³-hybridized carbons (Fsp3) is 0.448. The Morgan fingerprint density at radius 2 is 1.56 bits per heavy atom. The first-order chi connectivity index (χ1) is 19.7. The second-order valence-corrected chi connectivity index (χ2v) is 11.5. The van der Waals surface area contributed by atoms with Crippen LogP contribution in [0, 0.1) is 0 Å². The normalized spacial score (nSPS) is 28.3. The largest absolute Gasteiger partial charge is 0.493 e. The number of benzene rings is 2. The standard InChI is InChI=1S/C29H32N6O6/c1-28(2)38-23-21(37-27-25(24(23)39-28)40-29(3,4)41-27)16-34-14-18(31-33-34)15-35-20-13-9-8-12-19(20)22(26(35)36)32-30-17-10-6-5-7-11-17/h5-14,21,23-25,27,36H,15-16H2,1-4H3/t21-,23+,24+,25-,27-/m1/s1. The molecule has 4 aromatic rings. The minimum Gasteiger partial charge on any atom is -0.493 e. The van der Waals surface area contributed by atoms with Gasteiger partial charge in [0.15, 0.2) is 23.6 Å². The van der Waals surface area contributed by atoms with Crippen LogP contribution in [-0.4, -0.2) is 66.9 Å². The number of hydrogen-bond acceptors (Lipinski definition) is 10. The van der Waals surface area contributed by atoms with E-state index >= 15 is 0 Å². The molecule has 5 atom stereocenters. The number of ether oxygens (including phenoxy) is 5. The Kier molecular flexibility index (Phi) is 6.21. The van der Waals surface area contributed by atoms with Crippen LogP contribution in [0.15, 0.2) is 71.0 Å². The van der Waals surface area contributed by atoms with Gasteiger partial charge in [-0.05, 0) is 45.9 Å². The fourth-order valence-corrected chi connectivity index (χ4v) is 5.82. The molecule has 5 heterocycles. The van der Waals surface area contributed by atoms with Crippen molar-refractivity contribution in [2.45, 2.75) is 83.1 Å². The van der Waals surface area contributed by atoms with Gasteiger partial charge in [-0.2, -0.15) is 5.11 Å². The summed E-state index contributed by atoms with van der Waals surface area (Å²) in [4.78, 5) is 0. The summed E-state index contributed by atoms with van der Waals surface area (Å²) in [6, 6.07) is 17.1. The third-order valence-electron chi connectivity index (χ3n) is 7.46. The molecule has 12 nitrogen and oxygen atoms in total. The lowest BCUT2D eigenvalue weighted by Crippen LogP contribution is -2.56. The Balaban J connectivity index is 1.12. The smallest absolute Gasteiger partial charge is 0.221 e. The summed E-state index contributed by atoms with van der Waals surface area (Å²) in [5, 5.41) is 29.4. The summed E-state index contributed by atoms with van der Waals surface area (Å²) in [6.07, 6.45) is -0.251. The van der Waals surface area contributed by atoms with E-state index in [1.54, 1.807) is 9.25 Å². The zero-order valence-corrected chi connectivity index (χ0v) is 23.2. The number of fused-ring (bicyclic) bond motifs is 4. The molecule has 214 valence electrons. The van der Waals surface area contributed by atoms with Crippen molar-refractivity contribution in [3.8, 4) is 5.88 Å². The van der Waals surface area contributed by atoms with Gasteiger partial charge >= 0.3 is 0 Å². The van der Waals surface area contributed by atoms with Crippen LogP contribution in [0.3, 0.4) is 0 Å². The Bertz CT molecular complexity index is 1600. The molecule has 3 aliphatic heterocycles. The van der Waals surface area contributed by atoms with Crippen molar-refractivity contribution < 1.29 is 28.8 Å². The van der Waals surface area contributed by atoms with E-state index < -0.39 is 30.1 Å². The summed E-state index contributed by atoms with van der Waals surface area (Å²) in [5.41, 5.74) is 2.56. The van der Waals surface area contributed by atoms with E-state index in [9.17, 15) is 5.11 Å². The third kappa shape index (κ3) is 4.91. The number of hydrogen-bond donors (Lipinski definition) is 1. The zero-order valence-electron chi connectivity index (χ0n) is 23.2. The number of nitrogens with zero attached hydrogens (tertiary/aromatic N) is 6. The highest BCUT2D eigenvalue weighted by Crippen LogP contribution is 2.44. The maximum absolute atomic E-state index is 11.2. The minimum atomic E-state index is -0.785. The molecule has 2 aromatic carbocycles. The summed E-state index contributed by atoms with van der Waals surface area (Å²) < 4.78 is 34.3. The van der Waals surface area contributed by atoms with Crippen LogP contribution in [0.2, 0.25) is 0 Å². The van der Waals surface area contributed by atoms with Crippen molar-refractivity contribution in [1.29, 1.82) is 0 Å². The zero-order chi connectivity index (χ0) is 28.4. The molecule has 12 heteroatoms. The van der Waals surface area contributed by atoms with E-state index in [2.05, 4.69) is 20.5 Å². The van der Waals surface area contributed by atoms with Gasteiger partial charge in [0.2, 0.25) is 5.88 Å². The second-order valence-electron chi connectivity index (χ2n) is 11.5. The van der Waals surface area contributed by atoms with Crippen LogP contribution in [0.25, 0.3) is 10.9 Å². The van der Waals surface area contributed by atoms with Crippen molar-refractivity contribution >= 4 is 22.3 Å². The predicted molar refractivity (Wildman–Crippen MR) is 146 cm³/mol. The molecular weight excluding hydrogens is 528 g/mol. The topological polar surface area (TPSA) is 127 Å². The fourth-order valence-electron chi connectivity index (χ4n) is 5.82. The van der Waals surface area contributed by atoms with Gasteiger partial charge in [0.05, 0.1) is 30.5 Å². The first-order valence-electron chi connectivity index (χ1n) is 13.7. The van der Waals surface area contributed by atoms with Crippen LogP contribution in [0.4, 0.5) is 11.4 Å². The van der Waals surface area contributed by atoms with Crippen LogP contribution in [0.1, 0.15) is 33.4 Å². The Morgan fingerprint density at radius 1 is 0.854 bits per heavy atom. The Morgan fingerprint density at radius 3 is 2.39 bits per heavy atom. The van der Waals surface area contributed by atoms with E-state index in [0.717, 1.165) is 10.9 Å². The van der Waals surface area contributed by atoms with Crippen molar-refractivity contribution in [2.75, 3.05) is 0 Å². The number of azo groups is 1. The van der Waals surface area contributed by atoms with Crippen molar-refractivity contribution in [3.63, 3.8) is 0 Å². The van der Waals surface area contributed by atoms with Gasteiger partial charge in [-0.15, -0.1) is 10.2 Å². The molecule has 0 amide bonds. The lowest BCUT2D eigenvalue weighted by atomic mass is 9.99. The van der Waals surface area contributed by atoms with Crippen LogP contribution < -0.4 is 0 Å². The van der Waals surface area contributed by atoms with Crippen LogP contribution in [-0.2, 0) is 36.8 Å². The lowest BCUT2D eigenvalue weighted by molar-refractivity contribution is -0.236. The first kappa shape index (κ1) is 26.2. The molecule has 0 saturated carbocycles. The molecule has 1 N–H and O–H groups in total. The highest BCUT2D eigenvalue weighted by molar-refractivity contribution is 5.95. The second kappa shape index (κ2) is 9.71. The predicted octanol–water partition coefficient (Wildman–Crippen LogP) is 4.80. The van der Waals surface area contributed by atoms with E-state index in [1.165, 1.54) is 0 Å². The number of aromatic nitrogens is 4. The highest BCUT2D eigenvalue weighted by atomic mass is 16.9. The van der Waals surface area contributed by atoms with E-state index in [0.29, 0.717) is 23.6 Å². The average Bonchev–Trinajstić information content (AvgIpc) is 3.66. The monoisotopic (exact) mass is 560 g/mol. The van der Waals surface area contributed by atoms with Gasteiger partial charge in [-0.1, -0.05) is 41.6 Å². The van der Waals surface area contributed by atoms with Gasteiger partial charge in [-0.3, -0.25) is 0 Å². The molecule has 0 aliphatic carbocycles. The molecule has 0 bridgehead atoms. The number of rotatable bonds is 6. The summed E-state index contributed by atoms with van der Waals surface area (Å²) in [7, 11) is 0. The molecule has 3 saturated heterocycles. The van der Waals surface area contributed by atoms with Gasteiger partial charge in [0, 0.05) is 5.39 Å². The first-order valence-corrected chi connectivity index (χ1v) is 13.7. The van der Waals surface area contributed by atoms with E-state index in [1.807, 2.05) is 88.5 Å². The van der Waals surface area contributed by atoms with Gasteiger partial charge in [0.1, 0.15) is 30.1 Å². The minimum absolute atomic E-state index is 0.00432. The maximum Gasteiger partial charge on any atom is 0.221 e. The summed E-state index contributed by atoms with van der Waals surface area (Å²) in [6.45, 7) is 8.14. The Labute approximate surface area is 236 Å². The van der Waals surface area contributed by atoms with Crippen molar-refractivity contribution in [3.05, 3.63) is 66.5 Å². The molecular formula is C29H32N6O6. The molecule has 0 radical (unpaired) electrons. The van der Waals surface area contributed by atoms with Crippen LogP contribution in [0.5, 0.6) is 5.88 Å². The Hall–Kier alpha value is -3.68. The quantitative estimate of drug-likeness (QED) is 0.333. The highest BCUT2D eigenvalue weighted by Gasteiger charge is 2.60. The van der Waals surface area contributed by atoms with Crippen molar-refractivity contribution in [2.24, 2.45) is 10.2 Å². The molecule has 2 aromatic heterocycles. The molecule has 3 aliphatic rings. The summed E-state index contributed by atoms with van der Waals surface area (Å²) in [5.74, 6) is -1.56. The molecule has 41 heavy (non-hydrogen) atoms. The molecule has 3 fully saturated rings. The third-order valence-corrected chi connectivity index (χ3v) is 7.46.